The number of rotatable bonds is 3. The van der Waals surface area contributed by atoms with Gasteiger partial charge in [-0.15, -0.1) is 0 Å². The van der Waals surface area contributed by atoms with Gasteiger partial charge < -0.3 is 0 Å². The van der Waals surface area contributed by atoms with Gasteiger partial charge in [0, 0.05) is 17.0 Å². The number of benzene rings is 2. The fourth-order valence-electron chi connectivity index (χ4n) is 2.93. The normalized spacial score (nSPS) is 11.4. The second-order valence-electron chi connectivity index (χ2n) is 6.59. The van der Waals surface area contributed by atoms with Gasteiger partial charge in [0.1, 0.15) is 5.82 Å². The Labute approximate surface area is 147 Å². The van der Waals surface area contributed by atoms with Crippen molar-refractivity contribution in [1.82, 2.24) is 19.6 Å². The molecule has 0 saturated carbocycles. The summed E-state index contributed by atoms with van der Waals surface area (Å²) in [6, 6.07) is 18.6. The monoisotopic (exact) mass is 328 g/mol. The van der Waals surface area contributed by atoms with E-state index in [-0.39, 0.29) is 5.92 Å². The van der Waals surface area contributed by atoms with Gasteiger partial charge in [-0.25, -0.2) is 9.97 Å². The van der Waals surface area contributed by atoms with E-state index in [1.807, 2.05) is 28.9 Å². The maximum absolute atomic E-state index is 4.84. The van der Waals surface area contributed by atoms with Crippen LogP contribution in [0, 0.1) is 6.92 Å². The molecule has 0 spiro atoms. The van der Waals surface area contributed by atoms with Gasteiger partial charge in [0.05, 0.1) is 6.20 Å². The zero-order valence-electron chi connectivity index (χ0n) is 14.6. The minimum atomic E-state index is 0.248. The Morgan fingerprint density at radius 3 is 2.24 bits per heavy atom. The second kappa shape index (κ2) is 6.13. The summed E-state index contributed by atoms with van der Waals surface area (Å²) in [5.74, 6) is 1.91. The summed E-state index contributed by atoms with van der Waals surface area (Å²) in [7, 11) is 0. The zero-order valence-corrected chi connectivity index (χ0v) is 14.6. The van der Waals surface area contributed by atoms with E-state index in [4.69, 9.17) is 9.97 Å². The maximum Gasteiger partial charge on any atom is 0.167 e. The highest BCUT2D eigenvalue weighted by molar-refractivity contribution is 5.78. The Hall–Kier alpha value is -3.01. The molecule has 0 atom stereocenters. The van der Waals surface area contributed by atoms with Crippen molar-refractivity contribution in [2.75, 3.05) is 0 Å². The third kappa shape index (κ3) is 2.80. The van der Waals surface area contributed by atoms with Crippen LogP contribution in [0.25, 0.3) is 28.2 Å². The predicted molar refractivity (Wildman–Crippen MR) is 100 cm³/mol. The Morgan fingerprint density at radius 1 is 0.840 bits per heavy atom. The van der Waals surface area contributed by atoms with Crippen LogP contribution in [0.1, 0.15) is 31.2 Å². The van der Waals surface area contributed by atoms with Crippen LogP contribution in [0.3, 0.4) is 0 Å². The molecule has 0 bridgehead atoms. The molecule has 2 aromatic carbocycles. The number of aryl methyl sites for hydroxylation is 1. The standard InChI is InChI=1S/C21H20N4/c1-14(2)20-23-19(17-11-9-15(3)10-12-17)24-21-18(13-22-25(20)21)16-7-5-4-6-8-16/h4-14H,1-3H3. The molecule has 0 aliphatic heterocycles. The van der Waals surface area contributed by atoms with Gasteiger partial charge in [0.15, 0.2) is 11.5 Å². The van der Waals surface area contributed by atoms with Crippen LogP contribution in [-0.2, 0) is 0 Å². The molecule has 0 fully saturated rings. The topological polar surface area (TPSA) is 43.1 Å². The first-order valence-corrected chi connectivity index (χ1v) is 8.51. The van der Waals surface area contributed by atoms with Crippen LogP contribution in [0.2, 0.25) is 0 Å². The molecule has 0 unspecified atom stereocenters. The van der Waals surface area contributed by atoms with E-state index < -0.39 is 0 Å². The second-order valence-corrected chi connectivity index (χ2v) is 6.59. The lowest BCUT2D eigenvalue weighted by Crippen LogP contribution is -2.08. The summed E-state index contributed by atoms with van der Waals surface area (Å²) in [5, 5.41) is 4.56. The number of hydrogen-bond donors (Lipinski definition) is 0. The van der Waals surface area contributed by atoms with Crippen molar-refractivity contribution in [3.05, 3.63) is 72.2 Å². The summed E-state index contributed by atoms with van der Waals surface area (Å²) in [6.45, 7) is 6.34. The van der Waals surface area contributed by atoms with Crippen molar-refractivity contribution in [1.29, 1.82) is 0 Å². The van der Waals surface area contributed by atoms with Crippen LogP contribution in [0.5, 0.6) is 0 Å². The first-order chi connectivity index (χ1) is 12.1. The molecule has 0 aliphatic rings. The van der Waals surface area contributed by atoms with Crippen LogP contribution in [0.4, 0.5) is 0 Å². The Balaban J connectivity index is 1.98. The number of fused-ring (bicyclic) bond motifs is 1. The lowest BCUT2D eigenvalue weighted by atomic mass is 10.1. The highest BCUT2D eigenvalue weighted by Gasteiger charge is 2.16. The fourth-order valence-corrected chi connectivity index (χ4v) is 2.93. The molecule has 25 heavy (non-hydrogen) atoms. The van der Waals surface area contributed by atoms with Crippen molar-refractivity contribution in [2.45, 2.75) is 26.7 Å². The maximum atomic E-state index is 4.84. The third-order valence-electron chi connectivity index (χ3n) is 4.30. The summed E-state index contributed by atoms with van der Waals surface area (Å²) < 4.78 is 1.87. The average molecular weight is 328 g/mol. The van der Waals surface area contributed by atoms with E-state index in [1.165, 1.54) is 5.56 Å². The number of hydrogen-bond acceptors (Lipinski definition) is 3. The lowest BCUT2D eigenvalue weighted by Gasteiger charge is -2.10. The molecule has 4 aromatic rings. The van der Waals surface area contributed by atoms with E-state index in [9.17, 15) is 0 Å². The largest absolute Gasteiger partial charge is 0.213 e. The molecule has 0 amide bonds. The molecule has 124 valence electrons. The van der Waals surface area contributed by atoms with E-state index in [0.717, 1.165) is 34.0 Å². The van der Waals surface area contributed by atoms with Gasteiger partial charge in [0.25, 0.3) is 0 Å². The predicted octanol–water partition coefficient (Wildman–Crippen LogP) is 4.89. The molecule has 0 saturated heterocycles. The Kier molecular flexibility index (Phi) is 3.80. The Morgan fingerprint density at radius 2 is 1.56 bits per heavy atom. The van der Waals surface area contributed by atoms with E-state index >= 15 is 0 Å². The summed E-state index contributed by atoms with van der Waals surface area (Å²) in [6.07, 6.45) is 1.88. The van der Waals surface area contributed by atoms with Crippen LogP contribution in [-0.4, -0.2) is 19.6 Å². The first-order valence-electron chi connectivity index (χ1n) is 8.51. The molecule has 4 rings (SSSR count). The van der Waals surface area contributed by atoms with E-state index in [0.29, 0.717) is 0 Å². The molecular formula is C21H20N4. The molecule has 4 heteroatoms. The van der Waals surface area contributed by atoms with Crippen molar-refractivity contribution < 1.29 is 0 Å². The molecule has 2 aromatic heterocycles. The SMILES string of the molecule is Cc1ccc(-c2nc(C(C)C)n3ncc(-c4ccccc4)c3n2)cc1. The van der Waals surface area contributed by atoms with Crippen LogP contribution < -0.4 is 0 Å². The third-order valence-corrected chi connectivity index (χ3v) is 4.30. The van der Waals surface area contributed by atoms with Gasteiger partial charge in [-0.2, -0.15) is 9.61 Å². The minimum Gasteiger partial charge on any atom is -0.213 e. The van der Waals surface area contributed by atoms with Crippen molar-refractivity contribution in [2.24, 2.45) is 0 Å². The Bertz CT molecular complexity index is 1020. The van der Waals surface area contributed by atoms with E-state index in [1.54, 1.807) is 0 Å². The van der Waals surface area contributed by atoms with Crippen molar-refractivity contribution >= 4 is 5.65 Å². The molecule has 0 aliphatic carbocycles. The van der Waals surface area contributed by atoms with Crippen LogP contribution >= 0.6 is 0 Å². The van der Waals surface area contributed by atoms with Crippen molar-refractivity contribution in [3.63, 3.8) is 0 Å². The van der Waals surface area contributed by atoms with E-state index in [2.05, 4.69) is 62.3 Å². The van der Waals surface area contributed by atoms with Crippen LogP contribution in [0.15, 0.2) is 60.8 Å². The first kappa shape index (κ1) is 15.5. The summed E-state index contributed by atoms with van der Waals surface area (Å²) in [4.78, 5) is 9.64. The molecular weight excluding hydrogens is 308 g/mol. The van der Waals surface area contributed by atoms with Gasteiger partial charge >= 0.3 is 0 Å². The van der Waals surface area contributed by atoms with Gasteiger partial charge in [-0.3, -0.25) is 0 Å². The minimum absolute atomic E-state index is 0.248. The summed E-state index contributed by atoms with van der Waals surface area (Å²) >= 11 is 0. The number of nitrogens with zero attached hydrogens (tertiary/aromatic N) is 4. The van der Waals surface area contributed by atoms with Gasteiger partial charge in [-0.1, -0.05) is 74.0 Å². The molecule has 0 N–H and O–H groups in total. The highest BCUT2D eigenvalue weighted by atomic mass is 15.3. The smallest absolute Gasteiger partial charge is 0.167 e. The average Bonchev–Trinajstić information content (AvgIpc) is 3.06. The molecule has 2 heterocycles. The fraction of sp³-hybridized carbons (Fsp3) is 0.190. The zero-order chi connectivity index (χ0) is 17.4. The van der Waals surface area contributed by atoms with Gasteiger partial charge in [0.2, 0.25) is 0 Å². The molecule has 0 radical (unpaired) electrons. The summed E-state index contributed by atoms with van der Waals surface area (Å²) in [5.41, 5.74) is 5.23. The molecule has 4 nitrogen and oxygen atoms in total. The highest BCUT2D eigenvalue weighted by Crippen LogP contribution is 2.27. The van der Waals surface area contributed by atoms with Gasteiger partial charge in [-0.05, 0) is 12.5 Å². The lowest BCUT2D eigenvalue weighted by molar-refractivity contribution is 0.704. The van der Waals surface area contributed by atoms with Crippen molar-refractivity contribution in [3.8, 4) is 22.5 Å². The quantitative estimate of drug-likeness (QED) is 0.538. The number of aromatic nitrogens is 4.